The molecule has 1 aliphatic carbocycles. The molecule has 1 aliphatic rings. The van der Waals surface area contributed by atoms with Crippen molar-refractivity contribution in [3.63, 3.8) is 0 Å². The molecule has 6 nitrogen and oxygen atoms in total. The summed E-state index contributed by atoms with van der Waals surface area (Å²) in [5.41, 5.74) is 0. The minimum absolute atomic E-state index is 0.106. The van der Waals surface area contributed by atoms with Crippen LogP contribution in [0.25, 0.3) is 0 Å². The Kier molecular flexibility index (Phi) is 10.6. The fourth-order valence-corrected chi connectivity index (χ4v) is 3.11. The van der Waals surface area contributed by atoms with Gasteiger partial charge in [0, 0.05) is 25.4 Å². The van der Waals surface area contributed by atoms with Gasteiger partial charge < -0.3 is 25.2 Å². The van der Waals surface area contributed by atoms with Crippen molar-refractivity contribution in [2.24, 2.45) is 11.8 Å². The molecule has 1 rings (SSSR count). The molecule has 144 valence electrons. The summed E-state index contributed by atoms with van der Waals surface area (Å²) in [7, 11) is 0. The summed E-state index contributed by atoms with van der Waals surface area (Å²) in [4.78, 5) is 10.5. The predicted octanol–water partition coefficient (Wildman–Crippen LogP) is 1.89. The maximum atomic E-state index is 10.5. The number of carboxylic acid groups (broad SMARTS) is 1. The van der Waals surface area contributed by atoms with Gasteiger partial charge in [-0.25, -0.2) is 0 Å². The molecule has 25 heavy (non-hydrogen) atoms. The van der Waals surface area contributed by atoms with E-state index in [-0.39, 0.29) is 24.9 Å². The number of ether oxygens (including phenoxy) is 1. The van der Waals surface area contributed by atoms with E-state index in [1.54, 1.807) is 12.2 Å². The molecule has 0 aliphatic heterocycles. The second-order valence-electron chi connectivity index (χ2n) is 6.63. The molecule has 0 bridgehead atoms. The number of rotatable bonds is 12. The first-order valence-electron chi connectivity index (χ1n) is 9.12. The van der Waals surface area contributed by atoms with E-state index in [4.69, 9.17) is 9.84 Å². The minimum atomic E-state index is -0.797. The molecule has 4 N–H and O–H groups in total. The number of carboxylic acids is 1. The van der Waals surface area contributed by atoms with E-state index in [2.05, 4.69) is 0 Å². The molecule has 0 heterocycles. The molecule has 6 heteroatoms. The molecule has 0 spiro atoms. The summed E-state index contributed by atoms with van der Waals surface area (Å²) < 4.78 is 5.29. The van der Waals surface area contributed by atoms with Crippen LogP contribution in [-0.4, -0.2) is 57.9 Å². The lowest BCUT2D eigenvalue weighted by atomic mass is 9.89. The van der Waals surface area contributed by atoms with Crippen LogP contribution in [0.15, 0.2) is 24.3 Å². The summed E-state index contributed by atoms with van der Waals surface area (Å²) in [6, 6.07) is 0. The SMILES string of the molecule is CCCOCC(O)/C=C/[C@@H]1[C@@H](C/C=C\CCCC(=O)O)[C@@H](O)C[C@H]1O. The predicted molar refractivity (Wildman–Crippen MR) is 95.1 cm³/mol. The zero-order valence-electron chi connectivity index (χ0n) is 15.0. The number of hydrogen-bond acceptors (Lipinski definition) is 5. The van der Waals surface area contributed by atoms with Crippen LogP contribution in [0.2, 0.25) is 0 Å². The summed E-state index contributed by atoms with van der Waals surface area (Å²) >= 11 is 0. The van der Waals surface area contributed by atoms with E-state index in [9.17, 15) is 20.1 Å². The third kappa shape index (κ3) is 8.63. The Labute approximate surface area is 149 Å². The third-order valence-electron chi connectivity index (χ3n) is 4.44. The highest BCUT2D eigenvalue weighted by Crippen LogP contribution is 2.36. The number of aliphatic hydroxyl groups excluding tert-OH is 3. The van der Waals surface area contributed by atoms with E-state index >= 15 is 0 Å². The second-order valence-corrected chi connectivity index (χ2v) is 6.63. The first kappa shape index (κ1) is 21.8. The van der Waals surface area contributed by atoms with Crippen molar-refractivity contribution in [3.05, 3.63) is 24.3 Å². The number of aliphatic carboxylic acids is 1. The molecule has 0 aromatic rings. The lowest BCUT2D eigenvalue weighted by molar-refractivity contribution is -0.137. The van der Waals surface area contributed by atoms with Crippen LogP contribution in [0.3, 0.4) is 0 Å². The van der Waals surface area contributed by atoms with Crippen molar-refractivity contribution < 1.29 is 30.0 Å². The normalized spacial score (nSPS) is 28.2. The number of allylic oxidation sites excluding steroid dienone is 2. The van der Waals surface area contributed by atoms with Crippen molar-refractivity contribution in [2.45, 2.75) is 63.8 Å². The average Bonchev–Trinajstić information content (AvgIpc) is 2.82. The lowest BCUT2D eigenvalue weighted by Crippen LogP contribution is -2.21. The molecule has 1 fully saturated rings. The summed E-state index contributed by atoms with van der Waals surface area (Å²) in [5, 5.41) is 38.8. The Morgan fingerprint density at radius 1 is 1.28 bits per heavy atom. The van der Waals surface area contributed by atoms with Crippen LogP contribution >= 0.6 is 0 Å². The van der Waals surface area contributed by atoms with Crippen LogP contribution in [0, 0.1) is 11.8 Å². The number of hydrogen-bond donors (Lipinski definition) is 4. The highest BCUT2D eigenvalue weighted by molar-refractivity contribution is 5.66. The van der Waals surface area contributed by atoms with Crippen LogP contribution in [0.1, 0.15) is 45.4 Å². The van der Waals surface area contributed by atoms with Gasteiger partial charge in [-0.2, -0.15) is 0 Å². The number of carbonyl (C=O) groups is 1. The fourth-order valence-electron chi connectivity index (χ4n) is 3.11. The highest BCUT2D eigenvalue weighted by atomic mass is 16.5. The molecule has 0 radical (unpaired) electrons. The van der Waals surface area contributed by atoms with Gasteiger partial charge in [-0.1, -0.05) is 31.2 Å². The van der Waals surface area contributed by atoms with Gasteiger partial charge in [0.15, 0.2) is 0 Å². The molecule has 0 saturated heterocycles. The van der Waals surface area contributed by atoms with E-state index in [0.717, 1.165) is 6.42 Å². The Bertz CT molecular complexity index is 434. The smallest absolute Gasteiger partial charge is 0.303 e. The Balaban J connectivity index is 2.46. The fraction of sp³-hybridized carbons (Fsp3) is 0.737. The van der Waals surface area contributed by atoms with Crippen molar-refractivity contribution in [1.29, 1.82) is 0 Å². The quantitative estimate of drug-likeness (QED) is 0.314. The highest BCUT2D eigenvalue weighted by Gasteiger charge is 2.39. The van der Waals surface area contributed by atoms with Gasteiger partial charge in [-0.05, 0) is 31.6 Å². The van der Waals surface area contributed by atoms with E-state index in [1.807, 2.05) is 19.1 Å². The van der Waals surface area contributed by atoms with E-state index in [0.29, 0.717) is 32.3 Å². The minimum Gasteiger partial charge on any atom is -0.481 e. The monoisotopic (exact) mass is 356 g/mol. The number of aliphatic hydroxyl groups is 3. The lowest BCUT2D eigenvalue weighted by Gasteiger charge is -2.19. The van der Waals surface area contributed by atoms with Gasteiger partial charge in [0.25, 0.3) is 0 Å². The van der Waals surface area contributed by atoms with Crippen LogP contribution in [0.4, 0.5) is 0 Å². The molecule has 0 aromatic heterocycles. The molecule has 0 aromatic carbocycles. The van der Waals surface area contributed by atoms with Crippen molar-refractivity contribution in [2.75, 3.05) is 13.2 Å². The largest absolute Gasteiger partial charge is 0.481 e. The molecular formula is C19H32O6. The van der Waals surface area contributed by atoms with Gasteiger partial charge in [-0.3, -0.25) is 4.79 Å². The van der Waals surface area contributed by atoms with Gasteiger partial charge in [0.1, 0.15) is 0 Å². The van der Waals surface area contributed by atoms with Gasteiger partial charge in [0.2, 0.25) is 0 Å². The Hall–Kier alpha value is -1.21. The van der Waals surface area contributed by atoms with Crippen molar-refractivity contribution in [3.8, 4) is 0 Å². The Morgan fingerprint density at radius 2 is 2.04 bits per heavy atom. The van der Waals surface area contributed by atoms with E-state index < -0.39 is 24.3 Å². The van der Waals surface area contributed by atoms with Crippen LogP contribution in [-0.2, 0) is 9.53 Å². The maximum Gasteiger partial charge on any atom is 0.303 e. The first-order valence-corrected chi connectivity index (χ1v) is 9.12. The molecule has 5 atom stereocenters. The zero-order valence-corrected chi connectivity index (χ0v) is 15.0. The summed E-state index contributed by atoms with van der Waals surface area (Å²) in [6.45, 7) is 2.83. The van der Waals surface area contributed by atoms with Gasteiger partial charge in [0.05, 0.1) is 24.9 Å². The topological polar surface area (TPSA) is 107 Å². The molecule has 1 unspecified atom stereocenters. The summed E-state index contributed by atoms with van der Waals surface area (Å²) in [6.07, 6.45) is 8.62. The van der Waals surface area contributed by atoms with Gasteiger partial charge >= 0.3 is 5.97 Å². The van der Waals surface area contributed by atoms with Crippen LogP contribution < -0.4 is 0 Å². The van der Waals surface area contributed by atoms with Crippen molar-refractivity contribution in [1.82, 2.24) is 0 Å². The maximum absolute atomic E-state index is 10.5. The molecule has 1 saturated carbocycles. The van der Waals surface area contributed by atoms with Crippen LogP contribution in [0.5, 0.6) is 0 Å². The molecular weight excluding hydrogens is 324 g/mol. The van der Waals surface area contributed by atoms with Crippen molar-refractivity contribution >= 4 is 5.97 Å². The first-order chi connectivity index (χ1) is 12.0. The summed E-state index contributed by atoms with van der Waals surface area (Å²) in [5.74, 6) is -1.11. The standard InChI is InChI=1S/C19H32O6/c1-2-11-25-13-14(20)9-10-16-15(17(21)12-18(16)22)7-5-3-4-6-8-19(23)24/h3,5,9-10,14-18,20-22H,2,4,6-8,11-13H2,1H3,(H,23,24)/b5-3-,10-9+/t14?,15-,16-,17+,18-/m1/s1. The number of unbranched alkanes of at least 4 members (excludes halogenated alkanes) is 1. The zero-order chi connectivity index (χ0) is 18.7. The van der Waals surface area contributed by atoms with Gasteiger partial charge in [-0.15, -0.1) is 0 Å². The molecule has 0 amide bonds. The Morgan fingerprint density at radius 3 is 2.72 bits per heavy atom. The third-order valence-corrected chi connectivity index (χ3v) is 4.44. The van der Waals surface area contributed by atoms with E-state index in [1.165, 1.54) is 0 Å². The second kappa shape index (κ2) is 12.2. The average molecular weight is 356 g/mol.